The number of allylic oxidation sites excluding steroid dienone is 1. The Morgan fingerprint density at radius 1 is 1.33 bits per heavy atom. The molecule has 2 heterocycles. The average Bonchev–Trinajstić information content (AvgIpc) is 2.86. The smallest absolute Gasteiger partial charge is 0.248 e. The van der Waals surface area contributed by atoms with Crippen LogP contribution in [0.25, 0.3) is 0 Å². The molecule has 1 aromatic carbocycles. The molecule has 0 spiro atoms. The van der Waals surface area contributed by atoms with Crippen LogP contribution >= 0.6 is 0 Å². The van der Waals surface area contributed by atoms with E-state index in [9.17, 15) is 4.79 Å². The molecule has 2 atom stereocenters. The van der Waals surface area contributed by atoms with E-state index in [-0.39, 0.29) is 11.3 Å². The van der Waals surface area contributed by atoms with Crippen LogP contribution in [-0.2, 0) is 0 Å². The molecule has 4 nitrogen and oxygen atoms in total. The standard InChI is InChI=1S/C23H35N3O/c1-4-10-23(2,3)16-25-11-12-26-20-8-9-21(26)15-19(14-20)17-6-5-7-18(13-17)22(24)27/h4-7,13,19-21,25H,1,8-12,14-16H2,2-3H3,(H2,24,27). The van der Waals surface area contributed by atoms with E-state index in [1.807, 2.05) is 24.3 Å². The Bertz CT molecular complexity index is 655. The monoisotopic (exact) mass is 369 g/mol. The molecular weight excluding hydrogens is 334 g/mol. The van der Waals surface area contributed by atoms with Crippen molar-refractivity contribution in [3.05, 3.63) is 48.0 Å². The first-order chi connectivity index (χ1) is 12.9. The highest BCUT2D eigenvalue weighted by Crippen LogP contribution is 2.42. The van der Waals surface area contributed by atoms with Gasteiger partial charge in [0.25, 0.3) is 0 Å². The van der Waals surface area contributed by atoms with Crippen LogP contribution in [0.2, 0.25) is 0 Å². The number of carbonyl (C=O) groups is 1. The van der Waals surface area contributed by atoms with Crippen LogP contribution in [0.15, 0.2) is 36.9 Å². The van der Waals surface area contributed by atoms with Crippen molar-refractivity contribution in [3.63, 3.8) is 0 Å². The van der Waals surface area contributed by atoms with Gasteiger partial charge in [0.15, 0.2) is 0 Å². The molecule has 2 unspecified atom stereocenters. The van der Waals surface area contributed by atoms with Gasteiger partial charge in [-0.1, -0.05) is 32.1 Å². The molecule has 27 heavy (non-hydrogen) atoms. The Morgan fingerprint density at radius 2 is 2.04 bits per heavy atom. The fourth-order valence-corrected chi connectivity index (χ4v) is 4.96. The van der Waals surface area contributed by atoms with Crippen LogP contribution in [0.3, 0.4) is 0 Å². The van der Waals surface area contributed by atoms with Crippen LogP contribution in [0.1, 0.15) is 67.8 Å². The van der Waals surface area contributed by atoms with Gasteiger partial charge < -0.3 is 11.1 Å². The molecule has 0 radical (unpaired) electrons. The molecule has 148 valence electrons. The minimum Gasteiger partial charge on any atom is -0.366 e. The van der Waals surface area contributed by atoms with Crippen LogP contribution < -0.4 is 11.1 Å². The lowest BCUT2D eigenvalue weighted by molar-refractivity contribution is 0.1000. The molecule has 2 saturated heterocycles. The van der Waals surface area contributed by atoms with Crippen LogP contribution in [0.4, 0.5) is 0 Å². The van der Waals surface area contributed by atoms with E-state index < -0.39 is 0 Å². The van der Waals surface area contributed by atoms with Gasteiger partial charge in [-0.05, 0) is 61.1 Å². The van der Waals surface area contributed by atoms with Crippen LogP contribution in [0.5, 0.6) is 0 Å². The molecule has 3 rings (SSSR count). The summed E-state index contributed by atoms with van der Waals surface area (Å²) in [5.41, 5.74) is 7.65. The summed E-state index contributed by atoms with van der Waals surface area (Å²) in [5.74, 6) is 0.222. The van der Waals surface area contributed by atoms with Crippen molar-refractivity contribution in [2.45, 2.75) is 64.0 Å². The van der Waals surface area contributed by atoms with Crippen molar-refractivity contribution in [1.82, 2.24) is 10.2 Å². The number of hydrogen-bond donors (Lipinski definition) is 2. The molecule has 1 aromatic rings. The molecule has 2 bridgehead atoms. The number of amides is 1. The van der Waals surface area contributed by atoms with Gasteiger partial charge in [0.05, 0.1) is 0 Å². The average molecular weight is 370 g/mol. The lowest BCUT2D eigenvalue weighted by Crippen LogP contribution is -2.46. The summed E-state index contributed by atoms with van der Waals surface area (Å²) in [6, 6.07) is 9.30. The molecule has 0 aliphatic carbocycles. The largest absolute Gasteiger partial charge is 0.366 e. The number of nitrogens with one attached hydrogen (secondary N) is 1. The third-order valence-electron chi connectivity index (χ3n) is 6.37. The molecule has 1 amide bonds. The molecular formula is C23H35N3O. The molecule has 0 aromatic heterocycles. The minimum atomic E-state index is -0.331. The second kappa shape index (κ2) is 8.57. The highest BCUT2D eigenvalue weighted by Gasteiger charge is 2.40. The molecule has 2 aliphatic rings. The van der Waals surface area contributed by atoms with Crippen molar-refractivity contribution in [1.29, 1.82) is 0 Å². The fourth-order valence-electron chi connectivity index (χ4n) is 4.96. The van der Waals surface area contributed by atoms with Crippen molar-refractivity contribution >= 4 is 5.91 Å². The predicted molar refractivity (Wildman–Crippen MR) is 112 cm³/mol. The highest BCUT2D eigenvalue weighted by molar-refractivity contribution is 5.92. The summed E-state index contributed by atoms with van der Waals surface area (Å²) in [5, 5.41) is 3.65. The Labute approximate surface area is 164 Å². The van der Waals surface area contributed by atoms with E-state index in [2.05, 4.69) is 36.7 Å². The Kier molecular flexibility index (Phi) is 6.38. The number of hydrogen-bond acceptors (Lipinski definition) is 3. The van der Waals surface area contributed by atoms with Gasteiger partial charge in [-0.2, -0.15) is 0 Å². The Balaban J connectivity index is 1.52. The van der Waals surface area contributed by atoms with Gasteiger partial charge in [0.2, 0.25) is 5.91 Å². The zero-order chi connectivity index (χ0) is 19.4. The number of rotatable bonds is 9. The minimum absolute atomic E-state index is 0.277. The second-order valence-electron chi connectivity index (χ2n) is 9.11. The summed E-state index contributed by atoms with van der Waals surface area (Å²) in [7, 11) is 0. The van der Waals surface area contributed by atoms with E-state index in [1.54, 1.807) is 0 Å². The number of piperidine rings is 1. The van der Waals surface area contributed by atoms with E-state index in [4.69, 9.17) is 5.73 Å². The lowest BCUT2D eigenvalue weighted by atomic mass is 9.84. The quantitative estimate of drug-likeness (QED) is 0.515. The summed E-state index contributed by atoms with van der Waals surface area (Å²) in [6.07, 6.45) is 8.06. The maximum Gasteiger partial charge on any atom is 0.248 e. The summed E-state index contributed by atoms with van der Waals surface area (Å²) in [4.78, 5) is 14.2. The van der Waals surface area contributed by atoms with Crippen LogP contribution in [-0.4, -0.2) is 42.5 Å². The lowest BCUT2D eigenvalue weighted by Gasteiger charge is -2.39. The number of carbonyl (C=O) groups excluding carboxylic acids is 1. The van der Waals surface area contributed by atoms with Gasteiger partial charge in [-0.25, -0.2) is 0 Å². The predicted octanol–water partition coefficient (Wildman–Crippen LogP) is 3.69. The maximum absolute atomic E-state index is 11.5. The van der Waals surface area contributed by atoms with Gasteiger partial charge in [0.1, 0.15) is 0 Å². The fraction of sp³-hybridized carbons (Fsp3) is 0.609. The van der Waals surface area contributed by atoms with E-state index in [1.165, 1.54) is 31.2 Å². The van der Waals surface area contributed by atoms with E-state index in [0.29, 0.717) is 23.6 Å². The van der Waals surface area contributed by atoms with Crippen molar-refractivity contribution < 1.29 is 4.79 Å². The number of fused-ring (bicyclic) bond motifs is 2. The first-order valence-corrected chi connectivity index (χ1v) is 10.4. The zero-order valence-electron chi connectivity index (χ0n) is 16.9. The number of nitrogens with two attached hydrogens (primary N) is 1. The van der Waals surface area contributed by atoms with Crippen molar-refractivity contribution in [3.8, 4) is 0 Å². The highest BCUT2D eigenvalue weighted by atomic mass is 16.1. The van der Waals surface area contributed by atoms with Gasteiger partial charge >= 0.3 is 0 Å². The van der Waals surface area contributed by atoms with Crippen molar-refractivity contribution in [2.24, 2.45) is 11.1 Å². The maximum atomic E-state index is 11.5. The third kappa shape index (κ3) is 4.99. The third-order valence-corrected chi connectivity index (χ3v) is 6.37. The SMILES string of the molecule is C=CCC(C)(C)CNCCN1C2CCC1CC(c1cccc(C(N)=O)c1)C2. The summed E-state index contributed by atoms with van der Waals surface area (Å²) >= 11 is 0. The first kappa shape index (κ1) is 20.1. The number of nitrogens with zero attached hydrogens (tertiary/aromatic N) is 1. The molecule has 2 fully saturated rings. The topological polar surface area (TPSA) is 58.4 Å². The van der Waals surface area contributed by atoms with Crippen LogP contribution in [0, 0.1) is 5.41 Å². The normalized spacial score (nSPS) is 25.5. The molecule has 4 heteroatoms. The molecule has 3 N–H and O–H groups in total. The Hall–Kier alpha value is -1.65. The van der Waals surface area contributed by atoms with Gasteiger partial charge in [0, 0.05) is 37.3 Å². The van der Waals surface area contributed by atoms with E-state index in [0.717, 1.165) is 26.1 Å². The van der Waals surface area contributed by atoms with Crippen molar-refractivity contribution in [2.75, 3.05) is 19.6 Å². The number of primary amides is 1. The Morgan fingerprint density at radius 3 is 2.67 bits per heavy atom. The summed E-state index contributed by atoms with van der Waals surface area (Å²) in [6.45, 7) is 11.7. The molecule has 0 saturated carbocycles. The van der Waals surface area contributed by atoms with E-state index >= 15 is 0 Å². The first-order valence-electron chi connectivity index (χ1n) is 10.4. The molecule has 2 aliphatic heterocycles. The van der Waals surface area contributed by atoms with Gasteiger partial charge in [-0.3, -0.25) is 9.69 Å². The summed E-state index contributed by atoms with van der Waals surface area (Å²) < 4.78 is 0. The van der Waals surface area contributed by atoms with Gasteiger partial charge in [-0.15, -0.1) is 6.58 Å². The zero-order valence-corrected chi connectivity index (χ0v) is 16.9. The second-order valence-corrected chi connectivity index (χ2v) is 9.11. The number of benzene rings is 1.